The molecule has 4 nitrogen and oxygen atoms in total. The van der Waals surface area contributed by atoms with Gasteiger partial charge in [-0.25, -0.2) is 0 Å². The summed E-state index contributed by atoms with van der Waals surface area (Å²) in [4.78, 5) is 24.1. The lowest BCUT2D eigenvalue weighted by Crippen LogP contribution is -2.33. The van der Waals surface area contributed by atoms with Crippen molar-refractivity contribution in [3.63, 3.8) is 0 Å². The number of carboxylic acid groups (broad SMARTS) is 1. The highest BCUT2D eigenvalue weighted by atomic mass is 35.5. The Labute approximate surface area is 134 Å². The SMILES string of the molecule is O=C(O)CN1C(=O)/C(=C\c2cccc(Cl)c2Cl)SC1=S. The van der Waals surface area contributed by atoms with Gasteiger partial charge in [0.25, 0.3) is 5.91 Å². The molecular weight excluding hydrogens is 341 g/mol. The number of halogens is 2. The van der Waals surface area contributed by atoms with E-state index in [9.17, 15) is 9.59 Å². The maximum atomic E-state index is 12.1. The fourth-order valence-electron chi connectivity index (χ4n) is 1.54. The normalized spacial score (nSPS) is 17.1. The second-order valence-electron chi connectivity index (χ2n) is 3.80. The van der Waals surface area contributed by atoms with Gasteiger partial charge in [-0.3, -0.25) is 14.5 Å². The molecule has 0 unspecified atom stereocenters. The average molecular weight is 348 g/mol. The highest BCUT2D eigenvalue weighted by Crippen LogP contribution is 2.35. The van der Waals surface area contributed by atoms with Crippen LogP contribution >= 0.6 is 47.2 Å². The highest BCUT2D eigenvalue weighted by molar-refractivity contribution is 8.26. The van der Waals surface area contributed by atoms with Gasteiger partial charge in [0.2, 0.25) is 0 Å². The van der Waals surface area contributed by atoms with Gasteiger partial charge in [-0.15, -0.1) is 0 Å². The molecule has 1 aromatic carbocycles. The number of rotatable bonds is 3. The fraction of sp³-hybridized carbons (Fsp3) is 0.0833. The maximum Gasteiger partial charge on any atom is 0.323 e. The van der Waals surface area contributed by atoms with Gasteiger partial charge in [0.1, 0.15) is 10.9 Å². The van der Waals surface area contributed by atoms with Crippen LogP contribution in [0.5, 0.6) is 0 Å². The highest BCUT2D eigenvalue weighted by Gasteiger charge is 2.33. The number of benzene rings is 1. The van der Waals surface area contributed by atoms with Gasteiger partial charge in [0.05, 0.1) is 15.0 Å². The van der Waals surface area contributed by atoms with Crippen molar-refractivity contribution in [3.05, 3.63) is 38.7 Å². The van der Waals surface area contributed by atoms with Gasteiger partial charge in [-0.2, -0.15) is 0 Å². The van der Waals surface area contributed by atoms with Gasteiger partial charge in [0, 0.05) is 0 Å². The third kappa shape index (κ3) is 3.15. The third-order valence-electron chi connectivity index (χ3n) is 2.44. The second kappa shape index (κ2) is 6.13. The van der Waals surface area contributed by atoms with E-state index in [0.29, 0.717) is 20.5 Å². The molecule has 0 spiro atoms. The molecule has 104 valence electrons. The number of carboxylic acids is 1. The number of thiocarbonyl (C=S) groups is 1. The molecule has 1 N–H and O–H groups in total. The minimum absolute atomic E-state index is 0.210. The molecule has 1 aromatic rings. The molecule has 1 fully saturated rings. The molecular formula is C12H7Cl2NO3S2. The molecule has 0 saturated carbocycles. The predicted molar refractivity (Wildman–Crippen MR) is 84.0 cm³/mol. The average Bonchev–Trinajstić information content (AvgIpc) is 2.62. The van der Waals surface area contributed by atoms with E-state index >= 15 is 0 Å². The molecule has 20 heavy (non-hydrogen) atoms. The molecule has 1 saturated heterocycles. The predicted octanol–water partition coefficient (Wildman–Crippen LogP) is 3.28. The molecule has 8 heteroatoms. The summed E-state index contributed by atoms with van der Waals surface area (Å²) < 4.78 is 0.210. The summed E-state index contributed by atoms with van der Waals surface area (Å²) in [5.74, 6) is -1.57. The van der Waals surface area contributed by atoms with E-state index in [-0.39, 0.29) is 4.32 Å². The van der Waals surface area contributed by atoms with E-state index in [1.54, 1.807) is 24.3 Å². The Morgan fingerprint density at radius 1 is 1.45 bits per heavy atom. The van der Waals surface area contributed by atoms with Crippen molar-refractivity contribution in [2.75, 3.05) is 6.54 Å². The first-order chi connectivity index (χ1) is 9.40. The lowest BCUT2D eigenvalue weighted by molar-refractivity contribution is -0.140. The lowest BCUT2D eigenvalue weighted by atomic mass is 10.2. The van der Waals surface area contributed by atoms with Gasteiger partial charge in [-0.05, 0) is 17.7 Å². The number of aliphatic carboxylic acids is 1. The Balaban J connectivity index is 2.32. The Bertz CT molecular complexity index is 646. The minimum atomic E-state index is -1.12. The summed E-state index contributed by atoms with van der Waals surface area (Å²) in [5.41, 5.74) is 0.579. The zero-order valence-electron chi connectivity index (χ0n) is 9.80. The molecule has 0 aromatic heterocycles. The molecule has 1 amide bonds. The van der Waals surface area contributed by atoms with Crippen LogP contribution in [0.25, 0.3) is 6.08 Å². The summed E-state index contributed by atoms with van der Waals surface area (Å²) >= 11 is 18.0. The number of nitrogens with zero attached hydrogens (tertiary/aromatic N) is 1. The monoisotopic (exact) mass is 347 g/mol. The fourth-order valence-corrected chi connectivity index (χ4v) is 3.15. The van der Waals surface area contributed by atoms with E-state index in [1.807, 2.05) is 0 Å². The second-order valence-corrected chi connectivity index (χ2v) is 6.27. The third-order valence-corrected chi connectivity index (χ3v) is 4.65. The van der Waals surface area contributed by atoms with Crippen LogP contribution in [0, 0.1) is 0 Å². The van der Waals surface area contributed by atoms with Crippen molar-refractivity contribution < 1.29 is 14.7 Å². The van der Waals surface area contributed by atoms with E-state index in [2.05, 4.69) is 0 Å². The maximum absolute atomic E-state index is 12.1. The van der Waals surface area contributed by atoms with Crippen molar-refractivity contribution in [3.8, 4) is 0 Å². The Kier molecular flexibility index (Phi) is 4.70. The van der Waals surface area contributed by atoms with Crippen LogP contribution in [0.15, 0.2) is 23.1 Å². The van der Waals surface area contributed by atoms with Gasteiger partial charge in [0.15, 0.2) is 0 Å². The van der Waals surface area contributed by atoms with Crippen LogP contribution in [0.4, 0.5) is 0 Å². The van der Waals surface area contributed by atoms with Crippen LogP contribution in [0.2, 0.25) is 10.0 Å². The van der Waals surface area contributed by atoms with Crippen LogP contribution < -0.4 is 0 Å². The number of carbonyl (C=O) groups excluding carboxylic acids is 1. The zero-order valence-corrected chi connectivity index (χ0v) is 12.9. The van der Waals surface area contributed by atoms with Crippen molar-refractivity contribution in [2.45, 2.75) is 0 Å². The van der Waals surface area contributed by atoms with Crippen molar-refractivity contribution in [1.29, 1.82) is 0 Å². The van der Waals surface area contributed by atoms with Crippen LogP contribution in [-0.2, 0) is 9.59 Å². The number of hydrogen-bond acceptors (Lipinski definition) is 4. The molecule has 1 heterocycles. The van der Waals surface area contributed by atoms with Crippen molar-refractivity contribution in [1.82, 2.24) is 4.90 Å². The van der Waals surface area contributed by atoms with E-state index in [4.69, 9.17) is 40.5 Å². The Morgan fingerprint density at radius 2 is 2.15 bits per heavy atom. The summed E-state index contributed by atoms with van der Waals surface area (Å²) in [6, 6.07) is 5.05. The zero-order chi connectivity index (χ0) is 14.9. The number of hydrogen-bond donors (Lipinski definition) is 1. The molecule has 0 aliphatic carbocycles. The number of carbonyl (C=O) groups is 2. The van der Waals surface area contributed by atoms with Crippen LogP contribution in [0.3, 0.4) is 0 Å². The molecule has 2 rings (SSSR count). The first-order valence-corrected chi connectivity index (χ1v) is 7.29. The molecule has 0 atom stereocenters. The van der Waals surface area contributed by atoms with E-state index < -0.39 is 18.4 Å². The van der Waals surface area contributed by atoms with E-state index in [0.717, 1.165) is 16.7 Å². The minimum Gasteiger partial charge on any atom is -0.480 e. The summed E-state index contributed by atoms with van der Waals surface area (Å²) in [5, 5.41) is 9.45. The number of amides is 1. The Hall–Kier alpha value is -1.08. The van der Waals surface area contributed by atoms with Crippen LogP contribution in [-0.4, -0.2) is 32.7 Å². The quantitative estimate of drug-likeness (QED) is 0.671. The smallest absolute Gasteiger partial charge is 0.323 e. The summed E-state index contributed by atoms with van der Waals surface area (Å²) in [7, 11) is 0. The molecule has 1 aliphatic heterocycles. The van der Waals surface area contributed by atoms with E-state index in [1.165, 1.54) is 0 Å². The summed E-state index contributed by atoms with van der Waals surface area (Å²) in [6.45, 7) is -0.453. The molecule has 0 radical (unpaired) electrons. The molecule has 1 aliphatic rings. The number of thioether (sulfide) groups is 1. The van der Waals surface area contributed by atoms with Crippen molar-refractivity contribution in [2.24, 2.45) is 0 Å². The first-order valence-electron chi connectivity index (χ1n) is 5.31. The Morgan fingerprint density at radius 3 is 2.80 bits per heavy atom. The van der Waals surface area contributed by atoms with Crippen molar-refractivity contribution >= 4 is 69.5 Å². The first kappa shape index (κ1) is 15.3. The van der Waals surface area contributed by atoms with Gasteiger partial charge in [-0.1, -0.05) is 59.3 Å². The lowest BCUT2D eigenvalue weighted by Gasteiger charge is -2.10. The topological polar surface area (TPSA) is 57.6 Å². The summed E-state index contributed by atoms with van der Waals surface area (Å²) in [6.07, 6.45) is 1.55. The largest absolute Gasteiger partial charge is 0.480 e. The van der Waals surface area contributed by atoms with Gasteiger partial charge < -0.3 is 5.11 Å². The van der Waals surface area contributed by atoms with Crippen LogP contribution in [0.1, 0.15) is 5.56 Å². The molecule has 0 bridgehead atoms. The van der Waals surface area contributed by atoms with Gasteiger partial charge >= 0.3 is 5.97 Å². The standard InChI is InChI=1S/C12H7Cl2NO3S2/c13-7-3-1-2-6(10(7)14)4-8-11(18)15(5-9(16)17)12(19)20-8/h1-4H,5H2,(H,16,17)/b8-4+.